The van der Waals surface area contributed by atoms with Crippen molar-refractivity contribution in [2.75, 3.05) is 30.7 Å². The van der Waals surface area contributed by atoms with Crippen molar-refractivity contribution in [2.24, 2.45) is 5.92 Å². The molecule has 1 amide bonds. The summed E-state index contributed by atoms with van der Waals surface area (Å²) in [6.45, 7) is 2.45. The number of nitrogens with zero attached hydrogens (tertiary/aromatic N) is 3. The number of piperidine rings is 1. The number of carbonyl (C=O) groups excluding carboxylic acids is 1. The molecule has 1 aliphatic heterocycles. The van der Waals surface area contributed by atoms with E-state index >= 15 is 0 Å². The Morgan fingerprint density at radius 3 is 2.86 bits per heavy atom. The van der Waals surface area contributed by atoms with E-state index in [-0.39, 0.29) is 12.0 Å². The van der Waals surface area contributed by atoms with Gasteiger partial charge in [-0.15, -0.1) is 0 Å². The number of rotatable bonds is 5. The largest absolute Gasteiger partial charge is 0.445 e. The Bertz CT molecular complexity index is 936. The molecule has 1 fully saturated rings. The SMILES string of the molecule is Nc1nc(NCC2CCN(C(=O)OCc3ccccc3)CC2)c2[nH]c[nH+]c2n1. The third-order valence-corrected chi connectivity index (χ3v) is 4.99. The van der Waals surface area contributed by atoms with Crippen LogP contribution < -0.4 is 16.0 Å². The minimum absolute atomic E-state index is 0.224. The first-order chi connectivity index (χ1) is 13.7. The highest BCUT2D eigenvalue weighted by Gasteiger charge is 2.24. The monoisotopic (exact) mass is 382 g/mol. The average molecular weight is 382 g/mol. The highest BCUT2D eigenvalue weighted by atomic mass is 16.6. The number of hydrogen-bond donors (Lipinski definition) is 3. The molecule has 1 aromatic carbocycles. The molecule has 0 bridgehead atoms. The van der Waals surface area contributed by atoms with Crippen molar-refractivity contribution in [3.05, 3.63) is 42.2 Å². The number of amides is 1. The summed E-state index contributed by atoms with van der Waals surface area (Å²) in [5.74, 6) is 1.36. The summed E-state index contributed by atoms with van der Waals surface area (Å²) in [5, 5.41) is 3.36. The van der Waals surface area contributed by atoms with Crippen molar-refractivity contribution in [2.45, 2.75) is 19.4 Å². The van der Waals surface area contributed by atoms with Crippen molar-refractivity contribution in [1.82, 2.24) is 19.9 Å². The summed E-state index contributed by atoms with van der Waals surface area (Å²) >= 11 is 0. The van der Waals surface area contributed by atoms with Crippen LogP contribution in [0.15, 0.2) is 36.7 Å². The van der Waals surface area contributed by atoms with E-state index in [1.165, 1.54) is 0 Å². The molecule has 0 spiro atoms. The molecule has 5 N–H and O–H groups in total. The van der Waals surface area contributed by atoms with Crippen LogP contribution in [0.1, 0.15) is 18.4 Å². The van der Waals surface area contributed by atoms with Gasteiger partial charge in [0, 0.05) is 19.6 Å². The molecule has 0 unspecified atom stereocenters. The second-order valence-corrected chi connectivity index (χ2v) is 6.94. The van der Waals surface area contributed by atoms with Gasteiger partial charge in [-0.05, 0) is 24.3 Å². The number of carbonyl (C=O) groups is 1. The van der Waals surface area contributed by atoms with Crippen LogP contribution in [0.4, 0.5) is 16.6 Å². The van der Waals surface area contributed by atoms with Crippen molar-refractivity contribution >= 4 is 29.0 Å². The van der Waals surface area contributed by atoms with Gasteiger partial charge < -0.3 is 20.7 Å². The number of aromatic amines is 2. The van der Waals surface area contributed by atoms with E-state index in [0.717, 1.165) is 30.5 Å². The Morgan fingerprint density at radius 1 is 1.29 bits per heavy atom. The number of likely N-dealkylation sites (tertiary alicyclic amines) is 1. The lowest BCUT2D eigenvalue weighted by molar-refractivity contribution is -0.347. The molecule has 0 radical (unpaired) electrons. The van der Waals surface area contributed by atoms with Gasteiger partial charge in [0.1, 0.15) is 6.61 Å². The molecular formula is C19H24N7O2+. The molecular weight excluding hydrogens is 358 g/mol. The van der Waals surface area contributed by atoms with E-state index in [1.54, 1.807) is 11.2 Å². The summed E-state index contributed by atoms with van der Waals surface area (Å²) in [4.78, 5) is 28.5. The molecule has 9 nitrogen and oxygen atoms in total. The van der Waals surface area contributed by atoms with Gasteiger partial charge in [0.25, 0.3) is 5.95 Å². The molecule has 0 atom stereocenters. The zero-order valence-corrected chi connectivity index (χ0v) is 15.5. The maximum atomic E-state index is 12.3. The van der Waals surface area contributed by atoms with Gasteiger partial charge in [0.15, 0.2) is 12.1 Å². The van der Waals surface area contributed by atoms with E-state index < -0.39 is 0 Å². The van der Waals surface area contributed by atoms with Gasteiger partial charge >= 0.3 is 11.7 Å². The lowest BCUT2D eigenvalue weighted by Gasteiger charge is -2.31. The Labute approximate surface area is 162 Å². The molecule has 9 heteroatoms. The molecule has 2 aromatic heterocycles. The Kier molecular flexibility index (Phi) is 5.22. The molecule has 0 aliphatic carbocycles. The topological polar surface area (TPSA) is 123 Å². The fraction of sp³-hybridized carbons (Fsp3) is 0.368. The van der Waals surface area contributed by atoms with Crippen LogP contribution in [0.5, 0.6) is 0 Å². The Balaban J connectivity index is 1.25. The fourth-order valence-electron chi connectivity index (χ4n) is 3.40. The van der Waals surface area contributed by atoms with Gasteiger partial charge in [-0.2, -0.15) is 4.98 Å². The number of aromatic nitrogens is 4. The van der Waals surface area contributed by atoms with Crippen LogP contribution >= 0.6 is 0 Å². The second-order valence-electron chi connectivity index (χ2n) is 6.94. The Hall–Kier alpha value is -3.36. The highest BCUT2D eigenvalue weighted by molar-refractivity contribution is 5.81. The van der Waals surface area contributed by atoms with E-state index in [0.29, 0.717) is 37.1 Å². The lowest BCUT2D eigenvalue weighted by Crippen LogP contribution is -2.40. The number of nitrogens with two attached hydrogens (primary N) is 1. The lowest BCUT2D eigenvalue weighted by atomic mass is 9.97. The summed E-state index contributed by atoms with van der Waals surface area (Å²) < 4.78 is 5.42. The first-order valence-electron chi connectivity index (χ1n) is 9.41. The highest BCUT2D eigenvalue weighted by Crippen LogP contribution is 2.21. The average Bonchev–Trinajstić information content (AvgIpc) is 3.20. The standard InChI is InChI=1S/C19H23N7O2/c20-18-24-16(15-17(25-18)23-12-22-15)21-10-13-6-8-26(9-7-13)19(27)28-11-14-4-2-1-3-5-14/h1-5,12-13H,6-11H2,(H4,20,21,22,23,24,25)/p+1. The fourth-order valence-corrected chi connectivity index (χ4v) is 3.40. The number of ether oxygens (including phenoxy) is 1. The predicted octanol–water partition coefficient (Wildman–Crippen LogP) is 1.81. The molecule has 3 aromatic rings. The molecule has 4 rings (SSSR count). The van der Waals surface area contributed by atoms with Gasteiger partial charge in [0.05, 0.1) is 0 Å². The zero-order valence-electron chi connectivity index (χ0n) is 15.5. The number of fused-ring (bicyclic) bond motifs is 1. The number of imidazole rings is 1. The molecule has 146 valence electrons. The van der Waals surface area contributed by atoms with E-state index in [4.69, 9.17) is 10.5 Å². The van der Waals surface area contributed by atoms with Gasteiger partial charge in [0.2, 0.25) is 5.52 Å². The quantitative estimate of drug-likeness (QED) is 0.618. The molecule has 0 saturated carbocycles. The molecule has 3 heterocycles. The van der Waals surface area contributed by atoms with E-state index in [9.17, 15) is 4.79 Å². The number of anilines is 2. The smallest absolute Gasteiger partial charge is 0.410 e. The number of H-pyrrole nitrogens is 2. The normalized spacial score (nSPS) is 14.9. The Morgan fingerprint density at radius 2 is 2.07 bits per heavy atom. The number of nitrogen functional groups attached to an aromatic ring is 1. The van der Waals surface area contributed by atoms with Gasteiger partial charge in [-0.1, -0.05) is 35.3 Å². The van der Waals surface area contributed by atoms with Crippen molar-refractivity contribution in [3.63, 3.8) is 0 Å². The van der Waals surface area contributed by atoms with Crippen LogP contribution in [0, 0.1) is 5.92 Å². The minimum Gasteiger partial charge on any atom is -0.445 e. The van der Waals surface area contributed by atoms with E-state index in [1.807, 2.05) is 30.3 Å². The first-order valence-corrected chi connectivity index (χ1v) is 9.41. The maximum absolute atomic E-state index is 12.3. The number of benzene rings is 1. The van der Waals surface area contributed by atoms with E-state index in [2.05, 4.69) is 25.3 Å². The van der Waals surface area contributed by atoms with Crippen LogP contribution in [0.2, 0.25) is 0 Å². The summed E-state index contributed by atoms with van der Waals surface area (Å²) in [6, 6.07) is 9.71. The maximum Gasteiger partial charge on any atom is 0.410 e. The van der Waals surface area contributed by atoms with Crippen LogP contribution in [0.25, 0.3) is 11.2 Å². The van der Waals surface area contributed by atoms with Crippen molar-refractivity contribution in [1.29, 1.82) is 0 Å². The van der Waals surface area contributed by atoms with Crippen LogP contribution in [0.3, 0.4) is 0 Å². The first kappa shape index (κ1) is 18.0. The zero-order chi connectivity index (χ0) is 19.3. The van der Waals surface area contributed by atoms with Crippen LogP contribution in [-0.2, 0) is 11.3 Å². The molecule has 1 saturated heterocycles. The summed E-state index contributed by atoms with van der Waals surface area (Å²) in [6.07, 6.45) is 3.27. The summed E-state index contributed by atoms with van der Waals surface area (Å²) in [5.41, 5.74) is 8.23. The third-order valence-electron chi connectivity index (χ3n) is 4.99. The second kappa shape index (κ2) is 8.12. The summed E-state index contributed by atoms with van der Waals surface area (Å²) in [7, 11) is 0. The van der Waals surface area contributed by atoms with Gasteiger partial charge in [-0.3, -0.25) is 4.98 Å². The van der Waals surface area contributed by atoms with Crippen molar-refractivity contribution in [3.8, 4) is 0 Å². The predicted molar refractivity (Wildman–Crippen MR) is 104 cm³/mol. The molecule has 1 aliphatic rings. The number of hydrogen-bond acceptors (Lipinski definition) is 6. The van der Waals surface area contributed by atoms with Crippen LogP contribution in [-0.4, -0.2) is 45.6 Å². The third kappa shape index (κ3) is 4.13. The minimum atomic E-state index is -0.248. The molecule has 28 heavy (non-hydrogen) atoms. The van der Waals surface area contributed by atoms with Gasteiger partial charge in [-0.25, -0.2) is 9.78 Å². The number of nitrogens with one attached hydrogen (secondary N) is 3. The van der Waals surface area contributed by atoms with Crippen molar-refractivity contribution < 1.29 is 14.5 Å².